The molecule has 8 nitrogen and oxygen atoms in total. The van der Waals surface area contributed by atoms with Crippen LogP contribution in [0.5, 0.6) is 0 Å². The van der Waals surface area contributed by atoms with Gasteiger partial charge >= 0.3 is 5.82 Å². The number of nitrogens with zero attached hydrogens (tertiary/aromatic N) is 5. The van der Waals surface area contributed by atoms with Gasteiger partial charge in [0, 0.05) is 0 Å². The van der Waals surface area contributed by atoms with Crippen molar-refractivity contribution < 1.29 is 10.1 Å². The highest BCUT2D eigenvalue weighted by atomic mass is 16.6. The summed E-state index contributed by atoms with van der Waals surface area (Å²) >= 11 is 0. The van der Waals surface area contributed by atoms with Gasteiger partial charge in [-0.2, -0.15) is 0 Å². The van der Waals surface area contributed by atoms with Crippen LogP contribution in [-0.4, -0.2) is 30.4 Å². The van der Waals surface area contributed by atoms with E-state index in [0.29, 0.717) is 11.4 Å². The van der Waals surface area contributed by atoms with Crippen LogP contribution in [-0.2, 0) is 6.54 Å². The van der Waals surface area contributed by atoms with Crippen molar-refractivity contribution in [1.29, 1.82) is 0 Å². The van der Waals surface area contributed by atoms with Gasteiger partial charge in [0.05, 0.1) is 17.2 Å². The molecule has 0 saturated carbocycles. The lowest BCUT2D eigenvalue weighted by atomic mass is 10.1. The Morgan fingerprint density at radius 1 is 1.56 bits per heavy atom. The van der Waals surface area contributed by atoms with Crippen LogP contribution in [0.25, 0.3) is 0 Å². The van der Waals surface area contributed by atoms with E-state index in [1.807, 2.05) is 0 Å². The minimum absolute atomic E-state index is 0.139. The molecule has 1 N–H and O–H groups in total. The van der Waals surface area contributed by atoms with E-state index >= 15 is 0 Å². The molecule has 1 aromatic heterocycles. The van der Waals surface area contributed by atoms with E-state index in [9.17, 15) is 15.3 Å². The summed E-state index contributed by atoms with van der Waals surface area (Å²) in [6.45, 7) is 7.36. The van der Waals surface area contributed by atoms with Gasteiger partial charge in [0.15, 0.2) is 0 Å². The summed E-state index contributed by atoms with van der Waals surface area (Å²) in [7, 11) is 0. The van der Waals surface area contributed by atoms with Crippen molar-refractivity contribution in [3.05, 3.63) is 15.6 Å². The average Bonchev–Trinajstić information content (AvgIpc) is 2.42. The predicted molar refractivity (Wildman–Crippen MR) is 55.0 cm³/mol. The highest BCUT2D eigenvalue weighted by Crippen LogP contribution is 2.07. The second-order valence-corrected chi connectivity index (χ2v) is 4.26. The second-order valence-electron chi connectivity index (χ2n) is 4.26. The molecule has 1 heterocycles. The van der Waals surface area contributed by atoms with E-state index in [2.05, 4.69) is 10.1 Å². The fraction of sp³-hybridized carbons (Fsp3) is 0.750. The summed E-state index contributed by atoms with van der Waals surface area (Å²) in [5, 5.41) is 24.0. The zero-order chi connectivity index (χ0) is 12.5. The van der Waals surface area contributed by atoms with Crippen LogP contribution in [0.2, 0.25) is 0 Å². The lowest BCUT2D eigenvalue weighted by Gasteiger charge is -2.09. The third kappa shape index (κ3) is 2.38. The molecule has 0 aromatic carbocycles. The fourth-order valence-corrected chi connectivity index (χ4v) is 1.13. The first-order valence-electron chi connectivity index (χ1n) is 4.86. The van der Waals surface area contributed by atoms with Crippen molar-refractivity contribution in [3.63, 3.8) is 0 Å². The number of rotatable bonds is 2. The first-order chi connectivity index (χ1) is 7.26. The molecule has 0 amide bonds. The van der Waals surface area contributed by atoms with Gasteiger partial charge < -0.3 is 15.3 Å². The maximum absolute atomic E-state index is 10.7. The van der Waals surface area contributed by atoms with Crippen LogP contribution in [0.1, 0.15) is 27.7 Å². The number of hydrogen-bond acceptors (Lipinski definition) is 5. The lowest BCUT2D eigenvalue weighted by molar-refractivity contribution is -0.391. The van der Waals surface area contributed by atoms with Gasteiger partial charge in [-0.1, -0.05) is 9.64 Å². The average molecular weight is 229 g/mol. The third-order valence-corrected chi connectivity index (χ3v) is 1.72. The quantitative estimate of drug-likeness (QED) is 0.454. The van der Waals surface area contributed by atoms with Gasteiger partial charge in [-0.25, -0.2) is 0 Å². The Hall–Kier alpha value is -1.86. The zero-order valence-corrected chi connectivity index (χ0v) is 9.71. The van der Waals surface area contributed by atoms with Crippen LogP contribution in [0, 0.1) is 10.1 Å². The molecule has 16 heavy (non-hydrogen) atoms. The van der Waals surface area contributed by atoms with Gasteiger partial charge in [0.2, 0.25) is 0 Å². The van der Waals surface area contributed by atoms with Crippen LogP contribution >= 0.6 is 0 Å². The summed E-state index contributed by atoms with van der Waals surface area (Å²) in [6, 6.07) is 0. The Bertz CT molecular complexity index is 465. The molecule has 0 aliphatic carbocycles. The summed E-state index contributed by atoms with van der Waals surface area (Å²) in [5.41, 5.74) is -0.670. The number of nitro groups is 1. The third-order valence-electron chi connectivity index (χ3n) is 1.72. The fourth-order valence-electron chi connectivity index (χ4n) is 1.13. The Morgan fingerprint density at radius 2 is 2.12 bits per heavy atom. The number of aryl methyl sites for hydroxylation is 1. The highest BCUT2D eigenvalue weighted by Gasteiger charge is 2.23. The molecule has 8 heteroatoms. The maximum Gasteiger partial charge on any atom is 0.438 e. The molecule has 1 rings (SSSR count). The van der Waals surface area contributed by atoms with Gasteiger partial charge in [-0.3, -0.25) is 4.99 Å². The summed E-state index contributed by atoms with van der Waals surface area (Å²) in [5.74, 6) is -0.445. The second kappa shape index (κ2) is 3.95. The van der Waals surface area contributed by atoms with Gasteiger partial charge in [0.1, 0.15) is 0 Å². The van der Waals surface area contributed by atoms with Crippen LogP contribution in [0.15, 0.2) is 4.99 Å². The lowest BCUT2D eigenvalue weighted by Crippen LogP contribution is -2.27. The van der Waals surface area contributed by atoms with Crippen molar-refractivity contribution in [2.45, 2.75) is 39.8 Å². The van der Waals surface area contributed by atoms with E-state index in [1.54, 1.807) is 27.7 Å². The van der Waals surface area contributed by atoms with Crippen molar-refractivity contribution >= 4 is 5.82 Å². The summed E-state index contributed by atoms with van der Waals surface area (Å²) in [4.78, 5) is 15.8. The summed E-state index contributed by atoms with van der Waals surface area (Å²) < 4.78 is 0. The van der Waals surface area contributed by atoms with Crippen LogP contribution in [0.3, 0.4) is 0 Å². The van der Waals surface area contributed by atoms with E-state index in [1.165, 1.54) is 0 Å². The molecule has 0 bridgehead atoms. The zero-order valence-electron chi connectivity index (χ0n) is 9.71. The first kappa shape index (κ1) is 12.2. The predicted octanol–water partition coefficient (Wildman–Crippen LogP) is 0.549. The first-order valence-corrected chi connectivity index (χ1v) is 4.86. The molecule has 0 aliphatic rings. The monoisotopic (exact) mass is 229 g/mol. The van der Waals surface area contributed by atoms with Crippen molar-refractivity contribution in [2.75, 3.05) is 0 Å². The molecular formula is C8H15N5O3. The molecule has 0 fully saturated rings. The van der Waals surface area contributed by atoms with E-state index < -0.39 is 16.3 Å². The topological polar surface area (TPSA) is 98.5 Å². The molecule has 90 valence electrons. The maximum atomic E-state index is 10.7. The molecule has 0 aliphatic heterocycles. The van der Waals surface area contributed by atoms with Crippen LogP contribution < -0.4 is 5.49 Å². The molecular weight excluding hydrogens is 214 g/mol. The molecule has 0 radical (unpaired) electrons. The minimum atomic E-state index is -0.663. The SMILES string of the molecule is CCn1nc([N+](=O)[O-])c(=NC(C)(C)C)n1O. The summed E-state index contributed by atoms with van der Waals surface area (Å²) in [6.07, 6.45) is 0. The van der Waals surface area contributed by atoms with E-state index in [4.69, 9.17) is 0 Å². The molecule has 0 atom stereocenters. The Labute approximate surface area is 91.9 Å². The van der Waals surface area contributed by atoms with Crippen molar-refractivity contribution in [3.8, 4) is 0 Å². The van der Waals surface area contributed by atoms with Gasteiger partial charge in [0.25, 0.3) is 5.49 Å². The van der Waals surface area contributed by atoms with E-state index in [0.717, 1.165) is 4.80 Å². The Morgan fingerprint density at radius 3 is 2.50 bits per heavy atom. The standard InChI is InChI=1S/C8H15N5O3/c1-5-11-10-7(13(15)16)6(12(11)14)9-8(2,3)4/h14H,5H2,1-4H3. The smallest absolute Gasteiger partial charge is 0.409 e. The minimum Gasteiger partial charge on any atom is -0.409 e. The largest absolute Gasteiger partial charge is 0.438 e. The number of hydrogen-bond donors (Lipinski definition) is 1. The van der Waals surface area contributed by atoms with Crippen molar-refractivity contribution in [1.82, 2.24) is 14.7 Å². The van der Waals surface area contributed by atoms with Gasteiger partial charge in [-0.05, 0) is 32.6 Å². The molecule has 0 unspecified atom stereocenters. The molecule has 1 aromatic rings. The Kier molecular flexibility index (Phi) is 3.02. The van der Waals surface area contributed by atoms with E-state index in [-0.39, 0.29) is 5.49 Å². The highest BCUT2D eigenvalue weighted by molar-refractivity contribution is 5.09. The van der Waals surface area contributed by atoms with Crippen LogP contribution in [0.4, 0.5) is 5.82 Å². The number of aromatic nitrogens is 3. The Balaban J connectivity index is 3.53. The normalized spacial score (nSPS) is 13.1. The van der Waals surface area contributed by atoms with Gasteiger partial charge in [-0.15, -0.1) is 0 Å². The molecule has 0 saturated heterocycles. The molecule has 0 spiro atoms. The van der Waals surface area contributed by atoms with Crippen molar-refractivity contribution in [2.24, 2.45) is 4.99 Å².